The van der Waals surface area contributed by atoms with E-state index in [1.807, 2.05) is 39.4 Å². The molecule has 0 fully saturated rings. The number of hydrogen-bond donors (Lipinski definition) is 3. The number of nitrogens with zero attached hydrogens (tertiary/aromatic N) is 1. The molecule has 1 unspecified atom stereocenters. The molecule has 3 atom stereocenters. The molecule has 49 heavy (non-hydrogen) atoms. The zero-order chi connectivity index (χ0) is 36.6. The van der Waals surface area contributed by atoms with E-state index in [2.05, 4.69) is 25.2 Å². The van der Waals surface area contributed by atoms with E-state index >= 15 is 0 Å². The molecule has 0 radical (unpaired) electrons. The molecule has 1 amide bonds. The standard InChI is InChI=1S/C39H73N2O7P/c1-6-8-10-12-14-15-16-17-19-23-27-31-38(43)37(35-48-49(45,46)47-34-33-41(3,4)5)40-39(44)32-28-24-20-22-26-30-36(42)29-25-21-18-13-11-9-7-2/h18,21,25,27,29,31,37-38,43H,6-17,19-20,22-24,26,28,30,32-35H2,1-5H3,(H-,40,44,45,46)/p+1/b21-18-,29-25+,31-27+/t37-,38+/m0/s1. The molecular formula is C39H74N2O7P+. The summed E-state index contributed by atoms with van der Waals surface area (Å²) in [4.78, 5) is 35.0. The van der Waals surface area contributed by atoms with Crippen molar-refractivity contribution in [1.29, 1.82) is 0 Å². The number of quaternary nitrogens is 1. The van der Waals surface area contributed by atoms with Gasteiger partial charge in [-0.3, -0.25) is 18.6 Å². The van der Waals surface area contributed by atoms with E-state index < -0.39 is 20.0 Å². The average molecular weight is 714 g/mol. The number of aliphatic hydroxyl groups is 1. The minimum atomic E-state index is -4.36. The van der Waals surface area contributed by atoms with Crippen LogP contribution in [0.4, 0.5) is 0 Å². The maximum Gasteiger partial charge on any atom is 0.472 e. The summed E-state index contributed by atoms with van der Waals surface area (Å²) in [5.41, 5.74) is 0. The maximum absolute atomic E-state index is 12.8. The molecule has 0 aliphatic carbocycles. The summed E-state index contributed by atoms with van der Waals surface area (Å²) in [6.07, 6.45) is 31.7. The van der Waals surface area contributed by atoms with E-state index in [9.17, 15) is 24.2 Å². The maximum atomic E-state index is 12.8. The van der Waals surface area contributed by atoms with E-state index in [0.717, 1.165) is 51.4 Å². The van der Waals surface area contributed by atoms with Crippen molar-refractivity contribution in [3.05, 3.63) is 36.5 Å². The van der Waals surface area contributed by atoms with Gasteiger partial charge >= 0.3 is 7.82 Å². The van der Waals surface area contributed by atoms with Gasteiger partial charge in [-0.05, 0) is 44.6 Å². The first-order chi connectivity index (χ1) is 23.4. The average Bonchev–Trinajstić information content (AvgIpc) is 3.03. The van der Waals surface area contributed by atoms with Crippen LogP contribution < -0.4 is 5.32 Å². The van der Waals surface area contributed by atoms with Crippen LogP contribution in [0.5, 0.6) is 0 Å². The number of carbonyl (C=O) groups is 2. The number of carbonyl (C=O) groups excluding carboxylic acids is 2. The molecule has 3 N–H and O–H groups in total. The molecule has 9 nitrogen and oxygen atoms in total. The Bertz CT molecular complexity index is 962. The van der Waals surface area contributed by atoms with Crippen LogP contribution in [-0.4, -0.2) is 79.2 Å². The smallest absolute Gasteiger partial charge is 0.387 e. The summed E-state index contributed by atoms with van der Waals surface area (Å²) in [6.45, 7) is 4.61. The number of phosphoric acid groups is 1. The summed E-state index contributed by atoms with van der Waals surface area (Å²) in [5.74, 6) is -0.111. The van der Waals surface area contributed by atoms with E-state index in [1.54, 1.807) is 12.2 Å². The Morgan fingerprint density at radius 3 is 1.90 bits per heavy atom. The fourth-order valence-electron chi connectivity index (χ4n) is 5.14. The summed E-state index contributed by atoms with van der Waals surface area (Å²) in [5, 5.41) is 13.7. The van der Waals surface area contributed by atoms with Crippen molar-refractivity contribution in [2.24, 2.45) is 0 Å². The highest BCUT2D eigenvalue weighted by Gasteiger charge is 2.27. The second-order valence-electron chi connectivity index (χ2n) is 14.3. The minimum absolute atomic E-state index is 0.0386. The Kier molecular flexibility index (Phi) is 30.1. The molecule has 0 saturated heterocycles. The molecule has 0 bridgehead atoms. The third-order valence-corrected chi connectivity index (χ3v) is 9.31. The number of allylic oxidation sites excluding steroid dienone is 5. The predicted octanol–water partition coefficient (Wildman–Crippen LogP) is 9.14. The number of hydrogen-bond acceptors (Lipinski definition) is 6. The van der Waals surface area contributed by atoms with E-state index in [0.29, 0.717) is 23.9 Å². The van der Waals surface area contributed by atoms with Crippen molar-refractivity contribution >= 4 is 19.5 Å². The van der Waals surface area contributed by atoms with Crippen molar-refractivity contribution in [2.75, 3.05) is 40.9 Å². The molecule has 0 aliphatic heterocycles. The molecule has 0 aromatic carbocycles. The summed E-state index contributed by atoms with van der Waals surface area (Å²) in [7, 11) is 1.49. The van der Waals surface area contributed by atoms with Crippen LogP contribution in [0.2, 0.25) is 0 Å². The van der Waals surface area contributed by atoms with Crippen molar-refractivity contribution in [3.8, 4) is 0 Å². The Morgan fingerprint density at radius 2 is 1.27 bits per heavy atom. The Balaban J connectivity index is 4.62. The zero-order valence-electron chi connectivity index (χ0n) is 31.9. The molecule has 10 heteroatoms. The van der Waals surface area contributed by atoms with E-state index in [1.165, 1.54) is 64.2 Å². The van der Waals surface area contributed by atoms with Gasteiger partial charge in [0.25, 0.3) is 0 Å². The number of phosphoric ester groups is 1. The highest BCUT2D eigenvalue weighted by atomic mass is 31.2. The molecule has 286 valence electrons. The SMILES string of the molecule is CCCCC/C=C\C=C\C(=O)CCCCCCCC(=O)N[C@@H](COP(=O)(O)OCC[N+](C)(C)C)[C@H](O)/C=C/CCCCCCCCCCC. The lowest BCUT2D eigenvalue weighted by Crippen LogP contribution is -2.45. The molecule has 0 aromatic rings. The highest BCUT2D eigenvalue weighted by Crippen LogP contribution is 2.43. The van der Waals surface area contributed by atoms with Crippen LogP contribution in [0.1, 0.15) is 149 Å². The number of unbranched alkanes of at least 4 members (excludes halogenated alkanes) is 16. The van der Waals surface area contributed by atoms with Gasteiger partial charge in [-0.1, -0.05) is 128 Å². The predicted molar refractivity (Wildman–Crippen MR) is 203 cm³/mol. The Morgan fingerprint density at radius 1 is 0.735 bits per heavy atom. The van der Waals surface area contributed by atoms with Gasteiger partial charge in [0.05, 0.1) is 39.9 Å². The lowest BCUT2D eigenvalue weighted by Gasteiger charge is -2.25. The quantitative estimate of drug-likeness (QED) is 0.0152. The largest absolute Gasteiger partial charge is 0.472 e. The summed E-state index contributed by atoms with van der Waals surface area (Å²) < 4.78 is 23.4. The van der Waals surface area contributed by atoms with Crippen LogP contribution in [-0.2, 0) is 23.2 Å². The molecule has 0 rings (SSSR count). The van der Waals surface area contributed by atoms with Crippen LogP contribution in [0.3, 0.4) is 0 Å². The van der Waals surface area contributed by atoms with E-state index in [4.69, 9.17) is 9.05 Å². The zero-order valence-corrected chi connectivity index (χ0v) is 32.8. The van der Waals surface area contributed by atoms with Crippen molar-refractivity contribution < 1.29 is 37.7 Å². The fraction of sp³-hybridized carbons (Fsp3) is 0.795. The number of amides is 1. The second kappa shape index (κ2) is 31.2. The molecule has 0 spiro atoms. The van der Waals surface area contributed by atoms with Gasteiger partial charge in [0.2, 0.25) is 5.91 Å². The topological polar surface area (TPSA) is 122 Å². The van der Waals surface area contributed by atoms with Gasteiger partial charge in [-0.25, -0.2) is 4.57 Å². The molecule has 0 aromatic heterocycles. The first-order valence-electron chi connectivity index (χ1n) is 19.3. The summed E-state index contributed by atoms with van der Waals surface area (Å²) >= 11 is 0. The van der Waals surface area contributed by atoms with Gasteiger partial charge in [-0.15, -0.1) is 0 Å². The second-order valence-corrected chi connectivity index (χ2v) is 15.8. The van der Waals surface area contributed by atoms with Gasteiger partial charge in [0, 0.05) is 12.8 Å². The number of rotatable bonds is 34. The molecular weight excluding hydrogens is 639 g/mol. The fourth-order valence-corrected chi connectivity index (χ4v) is 5.87. The number of nitrogens with one attached hydrogen (secondary N) is 1. The normalized spacial score (nSPS) is 14.9. The van der Waals surface area contributed by atoms with Crippen molar-refractivity contribution in [3.63, 3.8) is 0 Å². The van der Waals surface area contributed by atoms with Crippen LogP contribution in [0.15, 0.2) is 36.5 Å². The van der Waals surface area contributed by atoms with Gasteiger partial charge in [0.15, 0.2) is 5.78 Å². The molecule has 0 saturated carbocycles. The monoisotopic (exact) mass is 714 g/mol. The number of ketones is 1. The first-order valence-corrected chi connectivity index (χ1v) is 20.8. The minimum Gasteiger partial charge on any atom is -0.387 e. The molecule has 0 aliphatic rings. The van der Waals surface area contributed by atoms with Crippen LogP contribution in [0, 0.1) is 0 Å². The van der Waals surface area contributed by atoms with Gasteiger partial charge in [0.1, 0.15) is 13.2 Å². The lowest BCUT2D eigenvalue weighted by atomic mass is 10.1. The van der Waals surface area contributed by atoms with Crippen molar-refractivity contribution in [1.82, 2.24) is 5.32 Å². The van der Waals surface area contributed by atoms with E-state index in [-0.39, 0.29) is 31.3 Å². The Hall–Kier alpha value is -1.61. The van der Waals surface area contributed by atoms with Crippen molar-refractivity contribution in [2.45, 2.75) is 161 Å². The first kappa shape index (κ1) is 47.4. The Labute approximate surface area is 300 Å². The highest BCUT2D eigenvalue weighted by molar-refractivity contribution is 7.47. The third kappa shape index (κ3) is 33.3. The number of aliphatic hydroxyl groups excluding tert-OH is 1. The van der Waals surface area contributed by atoms with Gasteiger partial charge < -0.3 is 19.8 Å². The van der Waals surface area contributed by atoms with Gasteiger partial charge in [-0.2, -0.15) is 0 Å². The summed E-state index contributed by atoms with van der Waals surface area (Å²) in [6, 6.07) is -0.889. The molecule has 0 heterocycles. The lowest BCUT2D eigenvalue weighted by molar-refractivity contribution is -0.870. The van der Waals surface area contributed by atoms with Crippen LogP contribution in [0.25, 0.3) is 0 Å². The van der Waals surface area contributed by atoms with Crippen LogP contribution >= 0.6 is 7.82 Å². The number of likely N-dealkylation sites (N-methyl/N-ethyl adjacent to an activating group) is 1. The third-order valence-electron chi connectivity index (χ3n) is 8.33.